The highest BCUT2D eigenvalue weighted by Crippen LogP contribution is 2.33. The summed E-state index contributed by atoms with van der Waals surface area (Å²) in [5, 5.41) is 10.3. The number of hydrogen-bond acceptors (Lipinski definition) is 1. The van der Waals surface area contributed by atoms with Gasteiger partial charge in [-0.2, -0.15) is 0 Å². The maximum Gasteiger partial charge on any atom is 0.313 e. The van der Waals surface area contributed by atoms with Crippen molar-refractivity contribution in [1.29, 1.82) is 0 Å². The number of fused-ring (bicyclic) bond motifs is 1. The van der Waals surface area contributed by atoms with Crippen molar-refractivity contribution in [3.05, 3.63) is 35.5 Å². The summed E-state index contributed by atoms with van der Waals surface area (Å²) in [7, 11) is 0. The SMILES string of the molecule is Cc1[nH]c2ccccc2c1C(C)(C)C(=O)O. The zero-order valence-electron chi connectivity index (χ0n) is 9.66. The minimum Gasteiger partial charge on any atom is -0.481 e. The highest BCUT2D eigenvalue weighted by atomic mass is 16.4. The summed E-state index contributed by atoms with van der Waals surface area (Å²) in [6, 6.07) is 7.79. The lowest BCUT2D eigenvalue weighted by Crippen LogP contribution is -2.29. The molecular formula is C13H15NO2. The van der Waals surface area contributed by atoms with Crippen molar-refractivity contribution in [2.75, 3.05) is 0 Å². The number of benzene rings is 1. The van der Waals surface area contributed by atoms with Crippen molar-refractivity contribution in [3.63, 3.8) is 0 Å². The van der Waals surface area contributed by atoms with Crippen LogP contribution >= 0.6 is 0 Å². The number of para-hydroxylation sites is 1. The number of carboxylic acids is 1. The summed E-state index contributed by atoms with van der Waals surface area (Å²) in [6.07, 6.45) is 0. The molecule has 0 aliphatic carbocycles. The van der Waals surface area contributed by atoms with Crippen molar-refractivity contribution < 1.29 is 9.90 Å². The summed E-state index contributed by atoms with van der Waals surface area (Å²) in [6.45, 7) is 5.38. The van der Waals surface area contributed by atoms with Crippen LogP contribution in [0.1, 0.15) is 25.1 Å². The van der Waals surface area contributed by atoms with Gasteiger partial charge >= 0.3 is 5.97 Å². The fourth-order valence-electron chi connectivity index (χ4n) is 2.19. The molecule has 0 aliphatic heterocycles. The quantitative estimate of drug-likeness (QED) is 0.812. The zero-order valence-corrected chi connectivity index (χ0v) is 9.66. The molecule has 0 unspecified atom stereocenters. The smallest absolute Gasteiger partial charge is 0.313 e. The summed E-state index contributed by atoms with van der Waals surface area (Å²) >= 11 is 0. The van der Waals surface area contributed by atoms with Crippen LogP contribution in [0.15, 0.2) is 24.3 Å². The number of rotatable bonds is 2. The number of H-pyrrole nitrogens is 1. The molecule has 0 aliphatic rings. The van der Waals surface area contributed by atoms with E-state index >= 15 is 0 Å². The van der Waals surface area contributed by atoms with Gasteiger partial charge in [0.05, 0.1) is 5.41 Å². The normalized spacial score (nSPS) is 11.9. The first kappa shape index (κ1) is 10.7. The maximum atomic E-state index is 11.3. The van der Waals surface area contributed by atoms with E-state index in [1.165, 1.54) is 0 Å². The summed E-state index contributed by atoms with van der Waals surface area (Å²) in [5.74, 6) is -0.805. The van der Waals surface area contributed by atoms with E-state index in [0.29, 0.717) is 0 Å². The monoisotopic (exact) mass is 217 g/mol. The van der Waals surface area contributed by atoms with Crippen molar-refractivity contribution in [2.45, 2.75) is 26.2 Å². The fraction of sp³-hybridized carbons (Fsp3) is 0.308. The molecule has 84 valence electrons. The van der Waals surface area contributed by atoms with Gasteiger partial charge in [0.1, 0.15) is 0 Å². The Labute approximate surface area is 94.1 Å². The van der Waals surface area contributed by atoms with Gasteiger partial charge in [-0.15, -0.1) is 0 Å². The third kappa shape index (κ3) is 1.40. The number of aromatic nitrogens is 1. The summed E-state index contributed by atoms with van der Waals surface area (Å²) < 4.78 is 0. The number of aliphatic carboxylic acids is 1. The predicted molar refractivity (Wildman–Crippen MR) is 63.7 cm³/mol. The highest BCUT2D eigenvalue weighted by Gasteiger charge is 2.33. The van der Waals surface area contributed by atoms with Crippen LogP contribution in [-0.4, -0.2) is 16.1 Å². The lowest BCUT2D eigenvalue weighted by molar-refractivity contribution is -0.142. The molecule has 1 heterocycles. The number of aryl methyl sites for hydroxylation is 1. The Kier molecular flexibility index (Phi) is 2.26. The van der Waals surface area contributed by atoms with Crippen LogP contribution in [0.25, 0.3) is 10.9 Å². The average Bonchev–Trinajstić information content (AvgIpc) is 2.53. The van der Waals surface area contributed by atoms with Crippen LogP contribution < -0.4 is 0 Å². The Balaban J connectivity index is 2.78. The van der Waals surface area contributed by atoms with E-state index in [4.69, 9.17) is 0 Å². The number of carbonyl (C=O) groups is 1. The van der Waals surface area contributed by atoms with Crippen LogP contribution in [0, 0.1) is 6.92 Å². The molecule has 2 rings (SSSR count). The highest BCUT2D eigenvalue weighted by molar-refractivity contribution is 5.92. The Hall–Kier alpha value is -1.77. The van der Waals surface area contributed by atoms with E-state index < -0.39 is 11.4 Å². The lowest BCUT2D eigenvalue weighted by atomic mass is 9.83. The van der Waals surface area contributed by atoms with E-state index in [1.54, 1.807) is 13.8 Å². The van der Waals surface area contributed by atoms with Crippen LogP contribution in [0.3, 0.4) is 0 Å². The molecule has 3 nitrogen and oxygen atoms in total. The third-order valence-corrected chi connectivity index (χ3v) is 3.05. The van der Waals surface area contributed by atoms with Gasteiger partial charge in [0.25, 0.3) is 0 Å². The van der Waals surface area contributed by atoms with Gasteiger partial charge in [-0.1, -0.05) is 18.2 Å². The second-order valence-electron chi connectivity index (χ2n) is 4.60. The first-order chi connectivity index (χ1) is 7.44. The fourth-order valence-corrected chi connectivity index (χ4v) is 2.19. The second-order valence-corrected chi connectivity index (χ2v) is 4.60. The van der Waals surface area contributed by atoms with Gasteiger partial charge in [0, 0.05) is 16.6 Å². The standard InChI is InChI=1S/C13H15NO2/c1-8-11(13(2,3)12(15)16)9-6-4-5-7-10(9)14-8/h4-7,14H,1-3H3,(H,15,16). The summed E-state index contributed by atoms with van der Waals surface area (Å²) in [5.41, 5.74) is 1.91. The Bertz CT molecular complexity index is 552. The molecule has 2 aromatic rings. The zero-order chi connectivity index (χ0) is 11.9. The van der Waals surface area contributed by atoms with Gasteiger partial charge in [-0.25, -0.2) is 0 Å². The average molecular weight is 217 g/mol. The van der Waals surface area contributed by atoms with Gasteiger partial charge in [-0.3, -0.25) is 4.79 Å². The van der Waals surface area contributed by atoms with E-state index in [9.17, 15) is 9.90 Å². The first-order valence-electron chi connectivity index (χ1n) is 5.26. The lowest BCUT2D eigenvalue weighted by Gasteiger charge is -2.19. The number of nitrogens with one attached hydrogen (secondary N) is 1. The molecule has 0 amide bonds. The molecule has 0 saturated carbocycles. The topological polar surface area (TPSA) is 53.1 Å². The Morgan fingerprint density at radius 2 is 1.94 bits per heavy atom. The maximum absolute atomic E-state index is 11.3. The van der Waals surface area contributed by atoms with Crippen molar-refractivity contribution in [3.8, 4) is 0 Å². The Morgan fingerprint density at radius 3 is 2.56 bits per heavy atom. The molecular weight excluding hydrogens is 202 g/mol. The first-order valence-corrected chi connectivity index (χ1v) is 5.26. The van der Waals surface area contributed by atoms with Crippen molar-refractivity contribution in [2.24, 2.45) is 0 Å². The minimum atomic E-state index is -0.871. The number of carboxylic acid groups (broad SMARTS) is 1. The van der Waals surface area contributed by atoms with Crippen molar-refractivity contribution in [1.82, 2.24) is 4.98 Å². The van der Waals surface area contributed by atoms with Gasteiger partial charge in [0.15, 0.2) is 0 Å². The van der Waals surface area contributed by atoms with Gasteiger partial charge < -0.3 is 10.1 Å². The number of hydrogen-bond donors (Lipinski definition) is 2. The molecule has 0 fully saturated rings. The van der Waals surface area contributed by atoms with Crippen LogP contribution in [0.4, 0.5) is 0 Å². The van der Waals surface area contributed by atoms with E-state index in [2.05, 4.69) is 4.98 Å². The molecule has 0 radical (unpaired) electrons. The van der Waals surface area contributed by atoms with E-state index in [0.717, 1.165) is 22.2 Å². The molecule has 0 saturated heterocycles. The molecule has 0 atom stereocenters. The largest absolute Gasteiger partial charge is 0.481 e. The van der Waals surface area contributed by atoms with Gasteiger partial charge in [-0.05, 0) is 32.4 Å². The molecule has 1 aromatic heterocycles. The molecule has 16 heavy (non-hydrogen) atoms. The van der Waals surface area contributed by atoms with Crippen LogP contribution in [0.2, 0.25) is 0 Å². The Morgan fingerprint density at radius 1 is 1.31 bits per heavy atom. The second kappa shape index (κ2) is 3.37. The van der Waals surface area contributed by atoms with Crippen molar-refractivity contribution >= 4 is 16.9 Å². The van der Waals surface area contributed by atoms with Crippen LogP contribution in [-0.2, 0) is 10.2 Å². The number of aromatic amines is 1. The molecule has 2 N–H and O–H groups in total. The summed E-state index contributed by atoms with van der Waals surface area (Å²) in [4.78, 5) is 14.5. The van der Waals surface area contributed by atoms with Gasteiger partial charge in [0.2, 0.25) is 0 Å². The third-order valence-electron chi connectivity index (χ3n) is 3.05. The van der Waals surface area contributed by atoms with E-state index in [-0.39, 0.29) is 0 Å². The van der Waals surface area contributed by atoms with E-state index in [1.807, 2.05) is 31.2 Å². The molecule has 3 heteroatoms. The minimum absolute atomic E-state index is 0.805. The molecule has 1 aromatic carbocycles. The predicted octanol–water partition coefficient (Wildman–Crippen LogP) is 2.84. The molecule has 0 spiro atoms. The molecule has 0 bridgehead atoms. The van der Waals surface area contributed by atoms with Crippen LogP contribution in [0.5, 0.6) is 0 Å².